The lowest BCUT2D eigenvalue weighted by Gasteiger charge is -2.13. The normalized spacial score (nSPS) is 13.7. The van der Waals surface area contributed by atoms with E-state index in [2.05, 4.69) is 23.9 Å². The van der Waals surface area contributed by atoms with Crippen molar-refractivity contribution in [3.05, 3.63) is 29.8 Å². The zero-order valence-corrected chi connectivity index (χ0v) is 13.6. The summed E-state index contributed by atoms with van der Waals surface area (Å²) in [5.74, 6) is 0.597. The second kappa shape index (κ2) is 7.76. The van der Waals surface area contributed by atoms with Gasteiger partial charge in [-0.3, -0.25) is 0 Å². The van der Waals surface area contributed by atoms with E-state index >= 15 is 0 Å². The highest BCUT2D eigenvalue weighted by atomic mass is 32.2. The zero-order valence-electron chi connectivity index (χ0n) is 12.8. The SMILES string of the molecule is CNC(C)c1cccc(S(=O)(=O)NCCCC(C)C)c1. The van der Waals surface area contributed by atoms with Crippen LogP contribution in [0, 0.1) is 5.92 Å². The second-order valence-electron chi connectivity index (χ2n) is 5.52. The first kappa shape index (κ1) is 17.1. The topological polar surface area (TPSA) is 58.2 Å². The average Bonchev–Trinajstić information content (AvgIpc) is 2.42. The first-order valence-corrected chi connectivity index (χ1v) is 8.62. The Morgan fingerprint density at radius 1 is 1.20 bits per heavy atom. The highest BCUT2D eigenvalue weighted by molar-refractivity contribution is 7.89. The molecule has 0 aliphatic rings. The Morgan fingerprint density at radius 2 is 1.90 bits per heavy atom. The summed E-state index contributed by atoms with van der Waals surface area (Å²) in [5, 5.41) is 3.11. The molecule has 1 unspecified atom stereocenters. The first-order chi connectivity index (χ1) is 9.36. The third-order valence-electron chi connectivity index (χ3n) is 3.35. The molecule has 4 nitrogen and oxygen atoms in total. The molecule has 0 aliphatic carbocycles. The number of nitrogens with one attached hydrogen (secondary N) is 2. The van der Waals surface area contributed by atoms with Crippen LogP contribution in [0.3, 0.4) is 0 Å². The van der Waals surface area contributed by atoms with Crippen molar-refractivity contribution in [2.75, 3.05) is 13.6 Å². The highest BCUT2D eigenvalue weighted by Gasteiger charge is 2.14. The summed E-state index contributed by atoms with van der Waals surface area (Å²) in [6.45, 7) is 6.77. The Kier molecular flexibility index (Phi) is 6.65. The standard InChI is InChI=1S/C15H26N2O2S/c1-12(2)7-6-10-17-20(18,19)15-9-5-8-14(11-15)13(3)16-4/h5,8-9,11-13,16-17H,6-7,10H2,1-4H3. The summed E-state index contributed by atoms with van der Waals surface area (Å²) in [4.78, 5) is 0.335. The lowest BCUT2D eigenvalue weighted by atomic mass is 10.1. The van der Waals surface area contributed by atoms with E-state index in [-0.39, 0.29) is 6.04 Å². The Bertz CT molecular complexity index is 512. The van der Waals surface area contributed by atoms with Crippen LogP contribution in [0.5, 0.6) is 0 Å². The lowest BCUT2D eigenvalue weighted by molar-refractivity contribution is 0.539. The van der Waals surface area contributed by atoms with Gasteiger partial charge in [0.25, 0.3) is 0 Å². The minimum atomic E-state index is -3.40. The third-order valence-corrected chi connectivity index (χ3v) is 4.81. The summed E-state index contributed by atoms with van der Waals surface area (Å²) in [5.41, 5.74) is 0.970. The predicted octanol–water partition coefficient (Wildman–Crippen LogP) is 2.68. The van der Waals surface area contributed by atoms with Gasteiger partial charge >= 0.3 is 0 Å². The van der Waals surface area contributed by atoms with Gasteiger partial charge in [0.15, 0.2) is 0 Å². The van der Waals surface area contributed by atoms with Crippen molar-refractivity contribution in [3.63, 3.8) is 0 Å². The van der Waals surface area contributed by atoms with Crippen molar-refractivity contribution in [2.24, 2.45) is 5.92 Å². The van der Waals surface area contributed by atoms with Crippen molar-refractivity contribution >= 4 is 10.0 Å². The van der Waals surface area contributed by atoms with E-state index in [1.165, 1.54) is 0 Å². The minimum absolute atomic E-state index is 0.131. The minimum Gasteiger partial charge on any atom is -0.313 e. The molecule has 0 heterocycles. The number of hydrogen-bond donors (Lipinski definition) is 2. The molecule has 2 N–H and O–H groups in total. The zero-order chi connectivity index (χ0) is 15.2. The maximum absolute atomic E-state index is 12.2. The number of sulfonamides is 1. The monoisotopic (exact) mass is 298 g/mol. The summed E-state index contributed by atoms with van der Waals surface area (Å²) in [6.07, 6.45) is 1.89. The van der Waals surface area contributed by atoms with E-state index in [0.29, 0.717) is 17.4 Å². The fourth-order valence-electron chi connectivity index (χ4n) is 1.92. The number of benzene rings is 1. The summed E-state index contributed by atoms with van der Waals surface area (Å²) in [7, 11) is -1.54. The average molecular weight is 298 g/mol. The summed E-state index contributed by atoms with van der Waals surface area (Å²) in [6, 6.07) is 7.21. The predicted molar refractivity (Wildman–Crippen MR) is 83.2 cm³/mol. The molecule has 5 heteroatoms. The lowest BCUT2D eigenvalue weighted by Crippen LogP contribution is -2.25. The van der Waals surface area contributed by atoms with Gasteiger partial charge in [-0.1, -0.05) is 26.0 Å². The van der Waals surface area contributed by atoms with Gasteiger partial charge in [0.05, 0.1) is 4.90 Å². The fourth-order valence-corrected chi connectivity index (χ4v) is 3.05. The first-order valence-electron chi connectivity index (χ1n) is 7.13. The number of rotatable bonds is 8. The van der Waals surface area contributed by atoms with Crippen LogP contribution in [0.25, 0.3) is 0 Å². The number of hydrogen-bond acceptors (Lipinski definition) is 3. The van der Waals surface area contributed by atoms with Gasteiger partial charge < -0.3 is 5.32 Å². The Labute approximate surface area is 123 Å². The van der Waals surface area contributed by atoms with E-state index in [1.807, 2.05) is 20.0 Å². The molecule has 114 valence electrons. The van der Waals surface area contributed by atoms with Crippen LogP contribution in [0.4, 0.5) is 0 Å². The smallest absolute Gasteiger partial charge is 0.240 e. The molecule has 0 radical (unpaired) electrons. The Morgan fingerprint density at radius 3 is 2.50 bits per heavy atom. The van der Waals surface area contributed by atoms with Crippen molar-refractivity contribution in [3.8, 4) is 0 Å². The van der Waals surface area contributed by atoms with Crippen LogP contribution in [-0.2, 0) is 10.0 Å². The van der Waals surface area contributed by atoms with Crippen LogP contribution in [-0.4, -0.2) is 22.0 Å². The van der Waals surface area contributed by atoms with Crippen LogP contribution in [0.1, 0.15) is 45.2 Å². The molecule has 1 rings (SSSR count). The third kappa shape index (κ3) is 5.23. The van der Waals surface area contributed by atoms with E-state index in [1.54, 1.807) is 18.2 Å². The highest BCUT2D eigenvalue weighted by Crippen LogP contribution is 2.17. The van der Waals surface area contributed by atoms with E-state index in [9.17, 15) is 8.42 Å². The van der Waals surface area contributed by atoms with Gasteiger partial charge in [0, 0.05) is 12.6 Å². The van der Waals surface area contributed by atoms with E-state index in [4.69, 9.17) is 0 Å². The van der Waals surface area contributed by atoms with Gasteiger partial charge in [-0.25, -0.2) is 13.1 Å². The molecular weight excluding hydrogens is 272 g/mol. The molecule has 0 aromatic heterocycles. The molecule has 1 aromatic carbocycles. The summed E-state index contributed by atoms with van der Waals surface area (Å²) >= 11 is 0. The van der Waals surface area contributed by atoms with Crippen LogP contribution in [0.15, 0.2) is 29.2 Å². The van der Waals surface area contributed by atoms with E-state index < -0.39 is 10.0 Å². The molecule has 0 amide bonds. The van der Waals surface area contributed by atoms with Gasteiger partial charge in [0.1, 0.15) is 0 Å². The maximum Gasteiger partial charge on any atom is 0.240 e. The molecule has 0 bridgehead atoms. The molecule has 0 saturated heterocycles. The van der Waals surface area contributed by atoms with Crippen molar-refractivity contribution in [1.82, 2.24) is 10.0 Å². The van der Waals surface area contributed by atoms with Gasteiger partial charge in [-0.05, 0) is 50.4 Å². The van der Waals surface area contributed by atoms with Crippen molar-refractivity contribution in [1.29, 1.82) is 0 Å². The Balaban J connectivity index is 2.72. The van der Waals surface area contributed by atoms with Gasteiger partial charge in [0.2, 0.25) is 10.0 Å². The molecular formula is C15H26N2O2S. The quantitative estimate of drug-likeness (QED) is 0.725. The molecule has 0 spiro atoms. The largest absolute Gasteiger partial charge is 0.313 e. The van der Waals surface area contributed by atoms with Crippen molar-refractivity contribution < 1.29 is 8.42 Å². The molecule has 0 aliphatic heterocycles. The second-order valence-corrected chi connectivity index (χ2v) is 7.28. The molecule has 0 fully saturated rings. The van der Waals surface area contributed by atoms with Crippen LogP contribution in [0.2, 0.25) is 0 Å². The molecule has 0 saturated carbocycles. The summed E-state index contributed by atoms with van der Waals surface area (Å²) < 4.78 is 27.1. The van der Waals surface area contributed by atoms with Gasteiger partial charge in [-0.2, -0.15) is 0 Å². The van der Waals surface area contributed by atoms with Crippen LogP contribution >= 0.6 is 0 Å². The molecule has 1 aromatic rings. The fraction of sp³-hybridized carbons (Fsp3) is 0.600. The molecule has 20 heavy (non-hydrogen) atoms. The Hall–Kier alpha value is -0.910. The molecule has 1 atom stereocenters. The maximum atomic E-state index is 12.2. The van der Waals surface area contributed by atoms with E-state index in [0.717, 1.165) is 18.4 Å². The van der Waals surface area contributed by atoms with Crippen molar-refractivity contribution in [2.45, 2.75) is 44.6 Å². The van der Waals surface area contributed by atoms with Gasteiger partial charge in [-0.15, -0.1) is 0 Å². The van der Waals surface area contributed by atoms with Crippen LogP contribution < -0.4 is 10.0 Å².